The monoisotopic (exact) mass is 314 g/mol. The van der Waals surface area contributed by atoms with E-state index in [1.54, 1.807) is 13.3 Å². The second-order valence-electron chi connectivity index (χ2n) is 5.80. The summed E-state index contributed by atoms with van der Waals surface area (Å²) in [6.45, 7) is 3.37. The summed E-state index contributed by atoms with van der Waals surface area (Å²) in [5.41, 5.74) is 3.01. The molecule has 0 aliphatic carbocycles. The number of carbonyl (C=O) groups excluding carboxylic acids is 1. The Balaban J connectivity index is 1.69. The minimum absolute atomic E-state index is 0.113. The molecule has 122 valence electrons. The molecule has 1 fully saturated rings. The molecule has 1 aliphatic rings. The second-order valence-corrected chi connectivity index (χ2v) is 5.80. The number of benzene rings is 1. The number of hydrogen-bond donors (Lipinski definition) is 2. The third kappa shape index (κ3) is 3.37. The maximum atomic E-state index is 12.8. The van der Waals surface area contributed by atoms with Crippen LogP contribution < -0.4 is 15.0 Å². The van der Waals surface area contributed by atoms with E-state index in [0.29, 0.717) is 6.54 Å². The smallest absolute Gasteiger partial charge is 0.244 e. The van der Waals surface area contributed by atoms with Crippen molar-refractivity contribution in [1.82, 2.24) is 15.5 Å². The zero-order chi connectivity index (χ0) is 16.2. The first-order valence-electron chi connectivity index (χ1n) is 7.86. The van der Waals surface area contributed by atoms with Gasteiger partial charge in [-0.25, -0.2) is 0 Å². The van der Waals surface area contributed by atoms with Crippen molar-refractivity contribution in [3.63, 3.8) is 0 Å². The summed E-state index contributed by atoms with van der Waals surface area (Å²) in [5, 5.41) is 10.3. The van der Waals surface area contributed by atoms with E-state index in [1.165, 1.54) is 0 Å². The molecular weight excluding hydrogens is 292 g/mol. The summed E-state index contributed by atoms with van der Waals surface area (Å²) in [6, 6.07) is 7.47. The highest BCUT2D eigenvalue weighted by atomic mass is 16.5. The van der Waals surface area contributed by atoms with E-state index >= 15 is 0 Å². The van der Waals surface area contributed by atoms with Gasteiger partial charge in [-0.3, -0.25) is 9.89 Å². The number of ether oxygens (including phenoxy) is 1. The van der Waals surface area contributed by atoms with Gasteiger partial charge in [0.25, 0.3) is 0 Å². The van der Waals surface area contributed by atoms with Crippen LogP contribution in [-0.2, 0) is 11.3 Å². The molecular formula is C17H22N4O2. The lowest BCUT2D eigenvalue weighted by Crippen LogP contribution is -2.50. The van der Waals surface area contributed by atoms with Gasteiger partial charge < -0.3 is 15.0 Å². The first kappa shape index (κ1) is 15.6. The van der Waals surface area contributed by atoms with Crippen LogP contribution in [0.3, 0.4) is 0 Å². The average molecular weight is 314 g/mol. The number of methoxy groups -OCH3 is 1. The van der Waals surface area contributed by atoms with Crippen LogP contribution in [0.25, 0.3) is 0 Å². The molecule has 1 amide bonds. The van der Waals surface area contributed by atoms with Crippen molar-refractivity contribution in [1.29, 1.82) is 0 Å². The molecule has 0 radical (unpaired) electrons. The molecule has 2 N–H and O–H groups in total. The highest BCUT2D eigenvalue weighted by molar-refractivity contribution is 5.98. The summed E-state index contributed by atoms with van der Waals surface area (Å²) >= 11 is 0. The van der Waals surface area contributed by atoms with Crippen LogP contribution in [0, 0.1) is 6.92 Å². The van der Waals surface area contributed by atoms with Crippen LogP contribution in [0.15, 0.2) is 30.5 Å². The van der Waals surface area contributed by atoms with Crippen LogP contribution in [0.2, 0.25) is 0 Å². The summed E-state index contributed by atoms with van der Waals surface area (Å²) in [6.07, 6.45) is 3.62. The molecule has 3 rings (SSSR count). The predicted octanol–water partition coefficient (Wildman–Crippen LogP) is 2.01. The molecule has 1 aliphatic heterocycles. The molecule has 1 aromatic carbocycles. The fourth-order valence-corrected chi connectivity index (χ4v) is 2.88. The van der Waals surface area contributed by atoms with Crippen molar-refractivity contribution in [2.75, 3.05) is 18.6 Å². The maximum Gasteiger partial charge on any atom is 0.244 e. The number of aromatic amines is 1. The van der Waals surface area contributed by atoms with Crippen molar-refractivity contribution in [2.45, 2.75) is 32.4 Å². The molecule has 23 heavy (non-hydrogen) atoms. The first-order valence-corrected chi connectivity index (χ1v) is 7.86. The number of anilines is 1. The van der Waals surface area contributed by atoms with Crippen molar-refractivity contribution in [2.24, 2.45) is 0 Å². The highest BCUT2D eigenvalue weighted by Crippen LogP contribution is 2.25. The molecule has 0 saturated carbocycles. The zero-order valence-electron chi connectivity index (χ0n) is 13.5. The predicted molar refractivity (Wildman–Crippen MR) is 88.5 cm³/mol. The Morgan fingerprint density at radius 3 is 3.09 bits per heavy atom. The lowest BCUT2D eigenvalue weighted by atomic mass is 10.0. The lowest BCUT2D eigenvalue weighted by molar-refractivity contribution is -0.121. The van der Waals surface area contributed by atoms with E-state index in [0.717, 1.165) is 42.1 Å². The fourth-order valence-electron chi connectivity index (χ4n) is 2.88. The maximum absolute atomic E-state index is 12.8. The first-order chi connectivity index (χ1) is 11.2. The molecule has 1 saturated heterocycles. The molecule has 2 aromatic rings. The van der Waals surface area contributed by atoms with Crippen molar-refractivity contribution in [3.8, 4) is 5.75 Å². The molecule has 1 unspecified atom stereocenters. The minimum Gasteiger partial charge on any atom is -0.497 e. The standard InChI is InChI=1S/C17H22N4O2/c1-12-10-19-20-16(12)11-18-15-7-4-8-21(17(15)22)13-5-3-6-14(9-13)23-2/h3,5-6,9-10,15,18H,4,7-8,11H2,1-2H3,(H,19,20). The highest BCUT2D eigenvalue weighted by Gasteiger charge is 2.29. The van der Waals surface area contributed by atoms with E-state index in [9.17, 15) is 4.79 Å². The van der Waals surface area contributed by atoms with Gasteiger partial charge in [-0.1, -0.05) is 6.07 Å². The van der Waals surface area contributed by atoms with Gasteiger partial charge in [-0.05, 0) is 37.5 Å². The average Bonchev–Trinajstić information content (AvgIpc) is 2.99. The number of hydrogen-bond acceptors (Lipinski definition) is 4. The van der Waals surface area contributed by atoms with Crippen molar-refractivity contribution in [3.05, 3.63) is 41.7 Å². The van der Waals surface area contributed by atoms with E-state index in [4.69, 9.17) is 4.74 Å². The third-order valence-corrected chi connectivity index (χ3v) is 4.26. The van der Waals surface area contributed by atoms with Gasteiger partial charge in [0.2, 0.25) is 5.91 Å². The topological polar surface area (TPSA) is 70.2 Å². The Hall–Kier alpha value is -2.34. The van der Waals surface area contributed by atoms with Crippen molar-refractivity contribution >= 4 is 11.6 Å². The Labute approximate surface area is 135 Å². The normalized spacial score (nSPS) is 18.3. The van der Waals surface area contributed by atoms with Gasteiger partial charge in [0.15, 0.2) is 0 Å². The molecule has 1 aromatic heterocycles. The van der Waals surface area contributed by atoms with E-state index in [1.807, 2.05) is 36.1 Å². The van der Waals surface area contributed by atoms with Crippen LogP contribution >= 0.6 is 0 Å². The summed E-state index contributed by atoms with van der Waals surface area (Å²) in [4.78, 5) is 14.6. The van der Waals surface area contributed by atoms with Gasteiger partial charge in [0.1, 0.15) is 5.75 Å². The van der Waals surface area contributed by atoms with Gasteiger partial charge in [-0.15, -0.1) is 0 Å². The zero-order valence-corrected chi connectivity index (χ0v) is 13.5. The fraction of sp³-hybridized carbons (Fsp3) is 0.412. The van der Waals surface area contributed by atoms with Crippen molar-refractivity contribution < 1.29 is 9.53 Å². The van der Waals surface area contributed by atoms with Gasteiger partial charge in [-0.2, -0.15) is 5.10 Å². The largest absolute Gasteiger partial charge is 0.497 e. The Kier molecular flexibility index (Phi) is 4.62. The number of H-pyrrole nitrogens is 1. The number of nitrogens with one attached hydrogen (secondary N) is 2. The molecule has 2 heterocycles. The number of aromatic nitrogens is 2. The number of aryl methyl sites for hydroxylation is 1. The number of carbonyl (C=O) groups is 1. The van der Waals surface area contributed by atoms with E-state index in [2.05, 4.69) is 15.5 Å². The second kappa shape index (κ2) is 6.83. The Morgan fingerprint density at radius 1 is 1.48 bits per heavy atom. The van der Waals surface area contributed by atoms with Crippen LogP contribution in [-0.4, -0.2) is 35.8 Å². The van der Waals surface area contributed by atoms with Gasteiger partial charge in [0, 0.05) is 24.8 Å². The third-order valence-electron chi connectivity index (χ3n) is 4.26. The Morgan fingerprint density at radius 2 is 2.35 bits per heavy atom. The van der Waals surface area contributed by atoms with Crippen LogP contribution in [0.1, 0.15) is 24.1 Å². The van der Waals surface area contributed by atoms with E-state index in [-0.39, 0.29) is 11.9 Å². The van der Waals surface area contributed by atoms with Crippen LogP contribution in [0.5, 0.6) is 5.75 Å². The minimum atomic E-state index is -0.169. The summed E-state index contributed by atoms with van der Waals surface area (Å²) in [7, 11) is 1.63. The number of nitrogens with zero attached hydrogens (tertiary/aromatic N) is 2. The van der Waals surface area contributed by atoms with Gasteiger partial charge in [0.05, 0.1) is 25.0 Å². The Bertz CT molecular complexity index is 683. The van der Waals surface area contributed by atoms with E-state index < -0.39 is 0 Å². The molecule has 1 atom stereocenters. The summed E-state index contributed by atoms with van der Waals surface area (Å²) < 4.78 is 5.25. The SMILES string of the molecule is COc1cccc(N2CCCC(NCc3[nH]ncc3C)C2=O)c1. The van der Waals surface area contributed by atoms with Gasteiger partial charge >= 0.3 is 0 Å². The number of amides is 1. The summed E-state index contributed by atoms with van der Waals surface area (Å²) in [5.74, 6) is 0.875. The number of rotatable bonds is 5. The lowest BCUT2D eigenvalue weighted by Gasteiger charge is -2.33. The van der Waals surface area contributed by atoms with Crippen LogP contribution in [0.4, 0.5) is 5.69 Å². The number of piperidine rings is 1. The molecule has 0 spiro atoms. The molecule has 6 heteroatoms. The molecule has 6 nitrogen and oxygen atoms in total. The molecule has 0 bridgehead atoms. The quantitative estimate of drug-likeness (QED) is 0.886.